The van der Waals surface area contributed by atoms with Crippen LogP contribution in [0.5, 0.6) is 0 Å². The summed E-state index contributed by atoms with van der Waals surface area (Å²) in [6.45, 7) is 1.31. The van der Waals surface area contributed by atoms with E-state index in [1.807, 2.05) is 0 Å². The van der Waals surface area contributed by atoms with Gasteiger partial charge in [0.05, 0.1) is 0 Å². The molecule has 2 atom stereocenters. The second-order valence-electron chi connectivity index (χ2n) is 2.18. The van der Waals surface area contributed by atoms with Crippen molar-refractivity contribution in [2.45, 2.75) is 12.2 Å². The largest absolute Gasteiger partial charge is 0.480 e. The summed E-state index contributed by atoms with van der Waals surface area (Å²) in [5.74, 6) is -1.83. The van der Waals surface area contributed by atoms with E-state index in [9.17, 15) is 13.8 Å². The molecule has 0 aromatic rings. The van der Waals surface area contributed by atoms with Crippen molar-refractivity contribution < 1.29 is 18.9 Å². The maximum atomic E-state index is 11.0. The molecule has 5 nitrogen and oxygen atoms in total. The molecular formula is C6H11NO4S. The lowest BCUT2D eigenvalue weighted by Gasteiger charge is -2.04. The van der Waals surface area contributed by atoms with Gasteiger partial charge >= 0.3 is 5.97 Å². The Hall–Kier alpha value is -0.910. The zero-order valence-corrected chi connectivity index (χ0v) is 7.68. The van der Waals surface area contributed by atoms with Crippen molar-refractivity contribution >= 4 is 22.7 Å². The van der Waals surface area contributed by atoms with Crippen LogP contribution < -0.4 is 5.32 Å². The molecule has 70 valence electrons. The number of aliphatic carboxylic acids is 1. The molecule has 0 heterocycles. The van der Waals surface area contributed by atoms with Gasteiger partial charge < -0.3 is 10.4 Å². The molecule has 2 unspecified atom stereocenters. The first-order valence-electron chi connectivity index (χ1n) is 3.29. The summed E-state index contributed by atoms with van der Waals surface area (Å²) in [5, 5.41) is 9.68. The summed E-state index contributed by atoms with van der Waals surface area (Å²) < 4.78 is 11.0. The van der Waals surface area contributed by atoms with E-state index in [2.05, 4.69) is 5.32 Å². The normalized spacial score (nSPS) is 14.8. The first-order valence-corrected chi connectivity index (χ1v) is 4.67. The third-order valence-corrected chi connectivity index (χ3v) is 2.83. The molecule has 0 spiro atoms. The Bertz CT molecular complexity index is 216. The van der Waals surface area contributed by atoms with Gasteiger partial charge in [0.2, 0.25) is 5.91 Å². The average Bonchev–Trinajstić information content (AvgIpc) is 2.02. The predicted octanol–water partition coefficient (Wildman–Crippen LogP) is -1.05. The number of carboxylic acids is 1. The summed E-state index contributed by atoms with van der Waals surface area (Å²) in [4.78, 5) is 20.9. The highest BCUT2D eigenvalue weighted by Crippen LogP contribution is 1.95. The molecule has 0 saturated carbocycles. The Morgan fingerprint density at radius 3 is 2.42 bits per heavy atom. The fourth-order valence-electron chi connectivity index (χ4n) is 0.439. The van der Waals surface area contributed by atoms with E-state index < -0.39 is 27.9 Å². The Kier molecular flexibility index (Phi) is 4.50. The van der Waals surface area contributed by atoms with Crippen molar-refractivity contribution in [2.24, 2.45) is 0 Å². The lowest BCUT2D eigenvalue weighted by atomic mass is 10.5. The molecule has 2 N–H and O–H groups in total. The topological polar surface area (TPSA) is 83.5 Å². The van der Waals surface area contributed by atoms with Crippen LogP contribution in [0.25, 0.3) is 0 Å². The van der Waals surface area contributed by atoms with Crippen LogP contribution in [-0.2, 0) is 20.4 Å². The third-order valence-electron chi connectivity index (χ3n) is 1.29. The summed E-state index contributed by atoms with van der Waals surface area (Å²) in [5.41, 5.74) is 0. The highest BCUT2D eigenvalue weighted by atomic mass is 32.2. The molecule has 0 aliphatic heterocycles. The molecule has 0 fully saturated rings. The lowest BCUT2D eigenvalue weighted by molar-refractivity contribution is -0.136. The van der Waals surface area contributed by atoms with Crippen molar-refractivity contribution in [2.75, 3.05) is 12.8 Å². The second-order valence-corrected chi connectivity index (χ2v) is 3.94. The summed E-state index contributed by atoms with van der Waals surface area (Å²) in [6, 6.07) is 0. The second kappa shape index (κ2) is 4.87. The van der Waals surface area contributed by atoms with Gasteiger partial charge in [-0.3, -0.25) is 13.8 Å². The quantitative estimate of drug-likeness (QED) is 0.597. The molecule has 0 saturated heterocycles. The highest BCUT2D eigenvalue weighted by Gasteiger charge is 2.20. The zero-order valence-electron chi connectivity index (χ0n) is 6.86. The molecule has 0 aromatic heterocycles. The van der Waals surface area contributed by atoms with Crippen LogP contribution in [-0.4, -0.2) is 39.2 Å². The molecule has 6 heteroatoms. The Morgan fingerprint density at radius 1 is 1.58 bits per heavy atom. The molecule has 1 amide bonds. The van der Waals surface area contributed by atoms with Crippen molar-refractivity contribution in [1.29, 1.82) is 0 Å². The Balaban J connectivity index is 4.04. The smallest absolute Gasteiger partial charge is 0.318 e. The van der Waals surface area contributed by atoms with Crippen molar-refractivity contribution in [3.63, 3.8) is 0 Å². The van der Waals surface area contributed by atoms with Gasteiger partial charge in [-0.15, -0.1) is 0 Å². The molecule has 0 bridgehead atoms. The minimum Gasteiger partial charge on any atom is -0.480 e. The SMILES string of the molecule is CNC(=O)CS(=O)C(C)C(=O)O. The highest BCUT2D eigenvalue weighted by molar-refractivity contribution is 7.87. The van der Waals surface area contributed by atoms with Crippen LogP contribution in [0.1, 0.15) is 6.92 Å². The number of carbonyl (C=O) groups is 2. The minimum absolute atomic E-state index is 0.260. The number of hydrogen-bond acceptors (Lipinski definition) is 3. The summed E-state index contributed by atoms with van der Waals surface area (Å²) >= 11 is 0. The van der Waals surface area contributed by atoms with Crippen LogP contribution in [0.3, 0.4) is 0 Å². The van der Waals surface area contributed by atoms with Crippen molar-refractivity contribution in [3.05, 3.63) is 0 Å². The average molecular weight is 193 g/mol. The predicted molar refractivity (Wildman–Crippen MR) is 44.2 cm³/mol. The van der Waals surface area contributed by atoms with E-state index in [0.717, 1.165) is 0 Å². The van der Waals surface area contributed by atoms with E-state index in [1.165, 1.54) is 14.0 Å². The molecule has 0 aromatic carbocycles. The molecule has 0 radical (unpaired) electrons. The van der Waals surface area contributed by atoms with Crippen LogP contribution >= 0.6 is 0 Å². The molecule has 0 rings (SSSR count). The van der Waals surface area contributed by atoms with Gasteiger partial charge in [-0.2, -0.15) is 0 Å². The van der Waals surface area contributed by atoms with Crippen molar-refractivity contribution in [1.82, 2.24) is 5.32 Å². The van der Waals surface area contributed by atoms with Gasteiger partial charge in [0.25, 0.3) is 0 Å². The van der Waals surface area contributed by atoms with E-state index in [0.29, 0.717) is 0 Å². The molecule has 0 aliphatic carbocycles. The van der Waals surface area contributed by atoms with Gasteiger partial charge in [0.1, 0.15) is 11.0 Å². The Labute approximate surface area is 72.6 Å². The van der Waals surface area contributed by atoms with Gasteiger partial charge in [-0.1, -0.05) is 0 Å². The number of carboxylic acid groups (broad SMARTS) is 1. The summed E-state index contributed by atoms with van der Waals surface area (Å²) in [6.07, 6.45) is 0. The van der Waals surface area contributed by atoms with Crippen LogP contribution in [0.4, 0.5) is 0 Å². The van der Waals surface area contributed by atoms with Gasteiger partial charge in [0.15, 0.2) is 0 Å². The molecular weight excluding hydrogens is 182 g/mol. The van der Waals surface area contributed by atoms with E-state index in [1.54, 1.807) is 0 Å². The summed E-state index contributed by atoms with van der Waals surface area (Å²) in [7, 11) is -0.229. The van der Waals surface area contributed by atoms with Crippen LogP contribution in [0.2, 0.25) is 0 Å². The monoisotopic (exact) mass is 193 g/mol. The fourth-order valence-corrected chi connectivity index (χ4v) is 1.32. The maximum absolute atomic E-state index is 11.0. The minimum atomic E-state index is -1.64. The first kappa shape index (κ1) is 11.1. The third kappa shape index (κ3) is 3.47. The standard InChI is InChI=1S/C6H11NO4S/c1-4(6(9)10)12(11)3-5(8)7-2/h4H,3H2,1-2H3,(H,7,8)(H,9,10). The van der Waals surface area contributed by atoms with Crippen LogP contribution in [0.15, 0.2) is 0 Å². The van der Waals surface area contributed by atoms with Gasteiger partial charge in [-0.05, 0) is 6.92 Å². The number of rotatable bonds is 4. The first-order chi connectivity index (χ1) is 5.49. The molecule has 0 aliphatic rings. The number of carbonyl (C=O) groups excluding carboxylic acids is 1. The number of nitrogens with one attached hydrogen (secondary N) is 1. The van der Waals surface area contributed by atoms with E-state index >= 15 is 0 Å². The number of amides is 1. The van der Waals surface area contributed by atoms with E-state index in [-0.39, 0.29) is 5.75 Å². The molecule has 12 heavy (non-hydrogen) atoms. The zero-order chi connectivity index (χ0) is 9.72. The maximum Gasteiger partial charge on any atom is 0.318 e. The Morgan fingerprint density at radius 2 is 2.08 bits per heavy atom. The van der Waals surface area contributed by atoms with Gasteiger partial charge in [-0.25, -0.2) is 0 Å². The fraction of sp³-hybridized carbons (Fsp3) is 0.667. The van der Waals surface area contributed by atoms with Crippen molar-refractivity contribution in [3.8, 4) is 0 Å². The lowest BCUT2D eigenvalue weighted by Crippen LogP contribution is -2.31. The van der Waals surface area contributed by atoms with Crippen LogP contribution in [0, 0.1) is 0 Å². The van der Waals surface area contributed by atoms with E-state index in [4.69, 9.17) is 5.11 Å². The van der Waals surface area contributed by atoms with Gasteiger partial charge in [0, 0.05) is 17.8 Å². The number of hydrogen-bond donors (Lipinski definition) is 2.